The number of aromatic nitrogens is 1. The van der Waals surface area contributed by atoms with Gasteiger partial charge in [0.05, 0.1) is 17.0 Å². The molecule has 8 heteroatoms. The van der Waals surface area contributed by atoms with Crippen LogP contribution in [0.4, 0.5) is 0 Å². The average molecular weight is 442 g/mol. The molecule has 0 saturated heterocycles. The number of hydrogen-bond acceptors (Lipinski definition) is 6. The molecule has 0 spiro atoms. The zero-order valence-electron chi connectivity index (χ0n) is 16.4. The van der Waals surface area contributed by atoms with E-state index < -0.39 is 0 Å². The molecule has 0 atom stereocenters. The van der Waals surface area contributed by atoms with Gasteiger partial charge in [0.1, 0.15) is 10.8 Å². The highest BCUT2D eigenvalue weighted by atomic mass is 32.1. The predicted octanol–water partition coefficient (Wildman–Crippen LogP) is 3.43. The van der Waals surface area contributed by atoms with Crippen LogP contribution in [0.15, 0.2) is 47.2 Å². The highest BCUT2D eigenvalue weighted by Crippen LogP contribution is 2.27. The van der Waals surface area contributed by atoms with E-state index in [0.717, 1.165) is 40.4 Å². The molecule has 30 heavy (non-hydrogen) atoms. The van der Waals surface area contributed by atoms with E-state index in [9.17, 15) is 9.59 Å². The molecule has 0 unspecified atom stereocenters. The number of hydrogen-bond donors (Lipinski definition) is 2. The molecule has 4 rings (SSSR count). The summed E-state index contributed by atoms with van der Waals surface area (Å²) in [5.41, 5.74) is 1.90. The number of rotatable bonds is 10. The summed E-state index contributed by atoms with van der Waals surface area (Å²) >= 11 is 3.21. The number of amides is 2. The summed E-state index contributed by atoms with van der Waals surface area (Å²) in [6, 6.07) is 12.0. The van der Waals surface area contributed by atoms with Crippen molar-refractivity contribution < 1.29 is 14.3 Å². The van der Waals surface area contributed by atoms with Crippen molar-refractivity contribution in [1.29, 1.82) is 0 Å². The van der Waals surface area contributed by atoms with Crippen molar-refractivity contribution in [2.75, 3.05) is 13.2 Å². The number of carbonyl (C=O) groups excluding carboxylic acids is 2. The van der Waals surface area contributed by atoms with Gasteiger partial charge in [-0.15, -0.1) is 22.7 Å². The fourth-order valence-electron chi connectivity index (χ4n) is 2.87. The van der Waals surface area contributed by atoms with Gasteiger partial charge in [0.15, 0.2) is 6.61 Å². The topological polar surface area (TPSA) is 80.3 Å². The molecule has 1 aliphatic rings. The molecule has 2 N–H and O–H groups in total. The smallest absolute Gasteiger partial charge is 0.258 e. The van der Waals surface area contributed by atoms with Gasteiger partial charge in [-0.1, -0.05) is 18.2 Å². The Morgan fingerprint density at radius 2 is 1.93 bits per heavy atom. The van der Waals surface area contributed by atoms with Crippen LogP contribution >= 0.6 is 22.7 Å². The summed E-state index contributed by atoms with van der Waals surface area (Å²) in [6.07, 6.45) is 3.15. The maximum Gasteiger partial charge on any atom is 0.258 e. The number of thiazole rings is 1. The summed E-state index contributed by atoms with van der Waals surface area (Å²) in [7, 11) is 0. The van der Waals surface area contributed by atoms with Gasteiger partial charge in [-0.25, -0.2) is 4.98 Å². The minimum Gasteiger partial charge on any atom is -0.484 e. The van der Waals surface area contributed by atoms with E-state index in [4.69, 9.17) is 4.74 Å². The molecule has 0 radical (unpaired) electrons. The molecular formula is C22H23N3O3S2. The van der Waals surface area contributed by atoms with E-state index in [1.807, 2.05) is 47.2 Å². The van der Waals surface area contributed by atoms with Crippen molar-refractivity contribution in [1.82, 2.24) is 15.6 Å². The zero-order chi connectivity index (χ0) is 20.8. The van der Waals surface area contributed by atoms with Gasteiger partial charge >= 0.3 is 0 Å². The largest absolute Gasteiger partial charge is 0.484 e. The number of benzene rings is 1. The van der Waals surface area contributed by atoms with Gasteiger partial charge in [-0.2, -0.15) is 0 Å². The van der Waals surface area contributed by atoms with Crippen molar-refractivity contribution >= 4 is 34.5 Å². The van der Waals surface area contributed by atoms with Crippen LogP contribution in [0.2, 0.25) is 0 Å². The van der Waals surface area contributed by atoms with Crippen LogP contribution in [0, 0.1) is 0 Å². The summed E-state index contributed by atoms with van der Waals surface area (Å²) in [6.45, 7) is 0.599. The molecule has 2 aromatic heterocycles. The molecule has 0 aliphatic heterocycles. The molecular weight excluding hydrogens is 418 g/mol. The van der Waals surface area contributed by atoms with Crippen molar-refractivity contribution in [3.63, 3.8) is 0 Å². The van der Waals surface area contributed by atoms with E-state index in [1.54, 1.807) is 22.7 Å². The van der Waals surface area contributed by atoms with Crippen LogP contribution in [0.1, 0.15) is 24.1 Å². The third-order valence-corrected chi connectivity index (χ3v) is 6.53. The van der Waals surface area contributed by atoms with Crippen molar-refractivity contribution in [3.05, 3.63) is 58.4 Å². The van der Waals surface area contributed by atoms with Crippen LogP contribution in [0.25, 0.3) is 9.88 Å². The van der Waals surface area contributed by atoms with Crippen LogP contribution in [-0.2, 0) is 22.4 Å². The lowest BCUT2D eigenvalue weighted by Crippen LogP contribution is -2.30. The molecule has 1 aliphatic carbocycles. The van der Waals surface area contributed by atoms with Crippen LogP contribution < -0.4 is 15.4 Å². The molecule has 0 bridgehead atoms. The van der Waals surface area contributed by atoms with E-state index in [0.29, 0.717) is 18.3 Å². The first-order valence-electron chi connectivity index (χ1n) is 9.92. The lowest BCUT2D eigenvalue weighted by atomic mass is 10.1. The summed E-state index contributed by atoms with van der Waals surface area (Å²) in [4.78, 5) is 29.5. The standard InChI is InChI=1S/C22H23N3O3S2/c26-20(12-17-14-30-22(25-17)19-2-1-11-29-19)23-10-9-15-3-7-18(8-4-15)28-13-21(27)24-16-5-6-16/h1-4,7-8,11,14,16H,5-6,9-10,12-13H2,(H,23,26)(H,24,27). The van der Waals surface area contributed by atoms with Gasteiger partial charge in [0, 0.05) is 18.0 Å². The summed E-state index contributed by atoms with van der Waals surface area (Å²) < 4.78 is 5.50. The van der Waals surface area contributed by atoms with Crippen LogP contribution in [0.5, 0.6) is 5.75 Å². The zero-order valence-corrected chi connectivity index (χ0v) is 18.1. The van der Waals surface area contributed by atoms with E-state index in [2.05, 4.69) is 15.6 Å². The summed E-state index contributed by atoms with van der Waals surface area (Å²) in [5.74, 6) is 0.561. The Bertz CT molecular complexity index is 979. The van der Waals surface area contributed by atoms with E-state index in [1.165, 1.54) is 0 Å². The first kappa shape index (κ1) is 20.6. The summed E-state index contributed by atoms with van der Waals surface area (Å²) in [5, 5.41) is 10.8. The SMILES string of the molecule is O=C(Cc1csc(-c2cccs2)n1)NCCc1ccc(OCC(=O)NC2CC2)cc1. The number of thiophene rings is 1. The highest BCUT2D eigenvalue weighted by molar-refractivity contribution is 7.20. The van der Waals surface area contributed by atoms with E-state index in [-0.39, 0.29) is 24.8 Å². The number of nitrogens with zero attached hydrogens (tertiary/aromatic N) is 1. The molecule has 2 heterocycles. The molecule has 1 aromatic carbocycles. The minimum atomic E-state index is -0.0769. The Hall–Kier alpha value is -2.71. The molecule has 1 fully saturated rings. The van der Waals surface area contributed by atoms with Gasteiger partial charge < -0.3 is 15.4 Å². The number of carbonyl (C=O) groups is 2. The quantitative estimate of drug-likeness (QED) is 0.505. The number of nitrogens with one attached hydrogen (secondary N) is 2. The van der Waals surface area contributed by atoms with E-state index >= 15 is 0 Å². The Balaban J connectivity index is 1.16. The Morgan fingerprint density at radius 3 is 2.67 bits per heavy atom. The fraction of sp³-hybridized carbons (Fsp3) is 0.318. The van der Waals surface area contributed by atoms with Gasteiger partial charge in [-0.05, 0) is 48.4 Å². The number of ether oxygens (including phenoxy) is 1. The molecule has 6 nitrogen and oxygen atoms in total. The lowest BCUT2D eigenvalue weighted by molar-refractivity contribution is -0.123. The van der Waals surface area contributed by atoms with Crippen molar-refractivity contribution in [2.24, 2.45) is 0 Å². The second-order valence-electron chi connectivity index (χ2n) is 7.17. The highest BCUT2D eigenvalue weighted by Gasteiger charge is 2.23. The molecule has 2 amide bonds. The van der Waals surface area contributed by atoms with Crippen molar-refractivity contribution in [3.8, 4) is 15.6 Å². The average Bonchev–Trinajstić information content (AvgIpc) is 3.19. The molecule has 156 valence electrons. The Morgan fingerprint density at radius 1 is 1.10 bits per heavy atom. The molecule has 3 aromatic rings. The van der Waals surface area contributed by atoms with Gasteiger partial charge in [0.25, 0.3) is 5.91 Å². The Kier molecular flexibility index (Phi) is 6.76. The first-order chi connectivity index (χ1) is 14.7. The second-order valence-corrected chi connectivity index (χ2v) is 8.98. The second kappa shape index (κ2) is 9.86. The fourth-order valence-corrected chi connectivity index (χ4v) is 4.51. The normalized spacial score (nSPS) is 13.1. The Labute approximate surface area is 183 Å². The van der Waals surface area contributed by atoms with Crippen molar-refractivity contribution in [2.45, 2.75) is 31.7 Å². The van der Waals surface area contributed by atoms with Crippen LogP contribution in [-0.4, -0.2) is 36.0 Å². The molecule has 1 saturated carbocycles. The van der Waals surface area contributed by atoms with Gasteiger partial charge in [-0.3, -0.25) is 9.59 Å². The predicted molar refractivity (Wildman–Crippen MR) is 119 cm³/mol. The monoisotopic (exact) mass is 441 g/mol. The maximum absolute atomic E-state index is 12.2. The van der Waals surface area contributed by atoms with Crippen LogP contribution in [0.3, 0.4) is 0 Å². The first-order valence-corrected chi connectivity index (χ1v) is 11.7. The van der Waals surface area contributed by atoms with Gasteiger partial charge in [0.2, 0.25) is 5.91 Å². The lowest BCUT2D eigenvalue weighted by Gasteiger charge is -2.08. The third kappa shape index (κ3) is 6.14. The third-order valence-electron chi connectivity index (χ3n) is 4.60. The maximum atomic E-state index is 12.2. The minimum absolute atomic E-state index is 0.0281.